The molecule has 0 radical (unpaired) electrons. The Kier molecular flexibility index (Phi) is 5.43. The SMILES string of the molecule is O=C(Cc1ccccc1O)NC1CCN(Cc2ccccn2)CC1. The van der Waals surface area contributed by atoms with Gasteiger partial charge in [0.1, 0.15) is 5.75 Å². The number of nitrogens with one attached hydrogen (secondary N) is 1. The molecule has 2 N–H and O–H groups in total. The van der Waals surface area contributed by atoms with E-state index in [-0.39, 0.29) is 24.1 Å². The summed E-state index contributed by atoms with van der Waals surface area (Å²) < 4.78 is 0. The smallest absolute Gasteiger partial charge is 0.224 e. The number of hydrogen-bond donors (Lipinski definition) is 2. The van der Waals surface area contributed by atoms with Gasteiger partial charge in [0.15, 0.2) is 0 Å². The van der Waals surface area contributed by atoms with E-state index in [4.69, 9.17) is 0 Å². The van der Waals surface area contributed by atoms with Gasteiger partial charge < -0.3 is 10.4 Å². The number of para-hydroxylation sites is 1. The maximum Gasteiger partial charge on any atom is 0.224 e. The third-order valence-electron chi connectivity index (χ3n) is 4.41. The first kappa shape index (κ1) is 16.5. The number of hydrogen-bond acceptors (Lipinski definition) is 4. The molecule has 1 aliphatic heterocycles. The van der Waals surface area contributed by atoms with E-state index >= 15 is 0 Å². The largest absolute Gasteiger partial charge is 0.508 e. The van der Waals surface area contributed by atoms with Crippen LogP contribution in [0.4, 0.5) is 0 Å². The van der Waals surface area contributed by atoms with Gasteiger partial charge in [0.25, 0.3) is 0 Å². The zero-order valence-corrected chi connectivity index (χ0v) is 13.7. The van der Waals surface area contributed by atoms with Gasteiger partial charge >= 0.3 is 0 Å². The molecule has 0 unspecified atom stereocenters. The van der Waals surface area contributed by atoms with E-state index in [1.165, 1.54) is 0 Å². The van der Waals surface area contributed by atoms with Crippen LogP contribution in [0.25, 0.3) is 0 Å². The Morgan fingerprint density at radius 2 is 1.92 bits per heavy atom. The molecular weight excluding hydrogens is 302 g/mol. The minimum Gasteiger partial charge on any atom is -0.508 e. The molecule has 126 valence electrons. The second kappa shape index (κ2) is 7.93. The summed E-state index contributed by atoms with van der Waals surface area (Å²) in [6, 6.07) is 13.2. The zero-order chi connectivity index (χ0) is 16.8. The Morgan fingerprint density at radius 3 is 2.62 bits per heavy atom. The molecule has 0 spiro atoms. The van der Waals surface area contributed by atoms with Crippen LogP contribution in [0, 0.1) is 0 Å². The number of phenols is 1. The van der Waals surface area contributed by atoms with Crippen molar-refractivity contribution >= 4 is 5.91 Å². The van der Waals surface area contributed by atoms with Crippen LogP contribution in [-0.2, 0) is 17.8 Å². The molecule has 0 bridgehead atoms. The lowest BCUT2D eigenvalue weighted by Gasteiger charge is -2.32. The fourth-order valence-corrected chi connectivity index (χ4v) is 3.07. The molecular formula is C19H23N3O2. The molecule has 1 aromatic carbocycles. The first-order chi connectivity index (χ1) is 11.7. The third kappa shape index (κ3) is 4.55. The Morgan fingerprint density at radius 1 is 1.17 bits per heavy atom. The van der Waals surface area contributed by atoms with Gasteiger partial charge in [-0.05, 0) is 31.0 Å². The highest BCUT2D eigenvalue weighted by Gasteiger charge is 2.21. The quantitative estimate of drug-likeness (QED) is 0.884. The minimum absolute atomic E-state index is 0.0281. The number of pyridine rings is 1. The number of carbonyl (C=O) groups is 1. The van der Waals surface area contributed by atoms with Gasteiger partial charge in [-0.3, -0.25) is 14.7 Å². The molecule has 1 aromatic heterocycles. The van der Waals surface area contributed by atoms with E-state index in [0.29, 0.717) is 5.56 Å². The van der Waals surface area contributed by atoms with Gasteiger partial charge in [0.2, 0.25) is 5.91 Å². The highest BCUT2D eigenvalue weighted by molar-refractivity contribution is 5.79. The van der Waals surface area contributed by atoms with Crippen LogP contribution < -0.4 is 5.32 Å². The molecule has 24 heavy (non-hydrogen) atoms. The number of aromatic hydroxyl groups is 1. The summed E-state index contributed by atoms with van der Waals surface area (Å²) in [5, 5.41) is 12.8. The van der Waals surface area contributed by atoms with E-state index in [1.54, 1.807) is 18.2 Å². The van der Waals surface area contributed by atoms with Crippen LogP contribution in [0.3, 0.4) is 0 Å². The molecule has 3 rings (SSSR count). The highest BCUT2D eigenvalue weighted by atomic mass is 16.3. The number of nitrogens with zero attached hydrogens (tertiary/aromatic N) is 2. The second-order valence-electron chi connectivity index (χ2n) is 6.24. The summed E-state index contributed by atoms with van der Waals surface area (Å²) >= 11 is 0. The first-order valence-corrected chi connectivity index (χ1v) is 8.39. The topological polar surface area (TPSA) is 65.5 Å². The van der Waals surface area contributed by atoms with Gasteiger partial charge in [-0.1, -0.05) is 24.3 Å². The van der Waals surface area contributed by atoms with Gasteiger partial charge in [-0.2, -0.15) is 0 Å². The zero-order valence-electron chi connectivity index (χ0n) is 13.7. The van der Waals surface area contributed by atoms with E-state index in [0.717, 1.165) is 38.2 Å². The summed E-state index contributed by atoms with van der Waals surface area (Å²) in [5.41, 5.74) is 1.75. The molecule has 0 atom stereocenters. The van der Waals surface area contributed by atoms with Crippen molar-refractivity contribution in [2.45, 2.75) is 31.8 Å². The minimum atomic E-state index is -0.0281. The number of benzene rings is 1. The molecule has 2 heterocycles. The predicted octanol–water partition coefficient (Wildman–Crippen LogP) is 2.11. The maximum atomic E-state index is 12.2. The summed E-state index contributed by atoms with van der Waals surface area (Å²) in [6.45, 7) is 2.77. The molecule has 1 fully saturated rings. The lowest BCUT2D eigenvalue weighted by atomic mass is 10.0. The fraction of sp³-hybridized carbons (Fsp3) is 0.368. The molecule has 5 nitrogen and oxygen atoms in total. The lowest BCUT2D eigenvalue weighted by molar-refractivity contribution is -0.121. The Balaban J connectivity index is 1.43. The van der Waals surface area contributed by atoms with Crippen LogP contribution in [0.2, 0.25) is 0 Å². The average Bonchev–Trinajstić information content (AvgIpc) is 2.60. The summed E-state index contributed by atoms with van der Waals surface area (Å²) in [7, 11) is 0. The van der Waals surface area contributed by atoms with Gasteiger partial charge in [-0.25, -0.2) is 0 Å². The van der Waals surface area contributed by atoms with E-state index in [1.807, 2.05) is 30.5 Å². The number of likely N-dealkylation sites (tertiary alicyclic amines) is 1. The molecule has 0 saturated carbocycles. The van der Waals surface area contributed by atoms with Gasteiger partial charge in [0, 0.05) is 37.4 Å². The fourth-order valence-electron chi connectivity index (χ4n) is 3.07. The van der Waals surface area contributed by atoms with Crippen molar-refractivity contribution in [3.8, 4) is 5.75 Å². The Bertz CT molecular complexity index is 667. The second-order valence-corrected chi connectivity index (χ2v) is 6.24. The van der Waals surface area contributed by atoms with Crippen LogP contribution in [0.1, 0.15) is 24.1 Å². The van der Waals surface area contributed by atoms with Crippen molar-refractivity contribution in [2.24, 2.45) is 0 Å². The molecule has 2 aromatic rings. The number of amides is 1. The molecule has 0 aliphatic carbocycles. The predicted molar refractivity (Wildman–Crippen MR) is 92.5 cm³/mol. The number of aromatic nitrogens is 1. The number of carbonyl (C=O) groups excluding carboxylic acids is 1. The third-order valence-corrected chi connectivity index (χ3v) is 4.41. The summed E-state index contributed by atoms with van der Waals surface area (Å²) in [4.78, 5) is 18.9. The van der Waals surface area contributed by atoms with Crippen molar-refractivity contribution in [2.75, 3.05) is 13.1 Å². The normalized spacial score (nSPS) is 16.0. The first-order valence-electron chi connectivity index (χ1n) is 8.39. The van der Waals surface area contributed by atoms with Crippen LogP contribution >= 0.6 is 0 Å². The van der Waals surface area contributed by atoms with Crippen molar-refractivity contribution in [1.82, 2.24) is 15.2 Å². The number of piperidine rings is 1. The Hall–Kier alpha value is -2.40. The van der Waals surface area contributed by atoms with Crippen molar-refractivity contribution in [1.29, 1.82) is 0 Å². The van der Waals surface area contributed by atoms with Crippen molar-refractivity contribution < 1.29 is 9.90 Å². The summed E-state index contributed by atoms with van der Waals surface area (Å²) in [5.74, 6) is 0.150. The number of rotatable bonds is 5. The lowest BCUT2D eigenvalue weighted by Crippen LogP contribution is -2.44. The van der Waals surface area contributed by atoms with Crippen molar-refractivity contribution in [3.05, 3.63) is 59.9 Å². The molecule has 1 aliphatic rings. The maximum absolute atomic E-state index is 12.2. The van der Waals surface area contributed by atoms with E-state index in [2.05, 4.69) is 15.2 Å². The van der Waals surface area contributed by atoms with Gasteiger partial charge in [0.05, 0.1) is 12.1 Å². The van der Waals surface area contributed by atoms with Crippen LogP contribution in [0.15, 0.2) is 48.7 Å². The monoisotopic (exact) mass is 325 g/mol. The Labute approximate surface area is 142 Å². The molecule has 5 heteroatoms. The van der Waals surface area contributed by atoms with E-state index in [9.17, 15) is 9.90 Å². The summed E-state index contributed by atoms with van der Waals surface area (Å²) in [6.07, 6.45) is 3.93. The van der Waals surface area contributed by atoms with E-state index < -0.39 is 0 Å². The number of phenolic OH excluding ortho intramolecular Hbond substituents is 1. The van der Waals surface area contributed by atoms with Crippen LogP contribution in [0.5, 0.6) is 5.75 Å². The molecule has 1 saturated heterocycles. The standard InChI is InChI=1S/C19H23N3O2/c23-18-7-2-1-5-15(18)13-19(24)21-16-8-11-22(12-9-16)14-17-6-3-4-10-20-17/h1-7,10,16,23H,8-9,11-14H2,(H,21,24). The van der Waals surface area contributed by atoms with Gasteiger partial charge in [-0.15, -0.1) is 0 Å². The highest BCUT2D eigenvalue weighted by Crippen LogP contribution is 2.17. The average molecular weight is 325 g/mol. The van der Waals surface area contributed by atoms with Crippen molar-refractivity contribution in [3.63, 3.8) is 0 Å². The van der Waals surface area contributed by atoms with Crippen LogP contribution in [-0.4, -0.2) is 40.0 Å². The molecule has 1 amide bonds.